The third-order valence-corrected chi connectivity index (χ3v) is 2.41. The van der Waals surface area contributed by atoms with E-state index in [0.29, 0.717) is 28.3 Å². The SMILES string of the molecule is Nc1ccc(NC(=O)c2cc(N)cc(N)c2)cc1. The molecule has 0 spiro atoms. The number of anilines is 4. The molecule has 0 atom stereocenters. The zero-order valence-electron chi connectivity index (χ0n) is 9.68. The van der Waals surface area contributed by atoms with E-state index >= 15 is 0 Å². The maximum atomic E-state index is 11.9. The lowest BCUT2D eigenvalue weighted by Crippen LogP contribution is -2.12. The van der Waals surface area contributed by atoms with Crippen LogP contribution in [0.15, 0.2) is 42.5 Å². The molecule has 0 saturated heterocycles. The summed E-state index contributed by atoms with van der Waals surface area (Å²) in [5.41, 5.74) is 19.5. The lowest BCUT2D eigenvalue weighted by molar-refractivity contribution is 0.102. The van der Waals surface area contributed by atoms with Gasteiger partial charge in [0.2, 0.25) is 0 Å². The zero-order chi connectivity index (χ0) is 13.1. The number of nitrogens with two attached hydrogens (primary N) is 3. The van der Waals surface area contributed by atoms with Crippen LogP contribution in [0.1, 0.15) is 10.4 Å². The van der Waals surface area contributed by atoms with E-state index in [0.717, 1.165) is 0 Å². The van der Waals surface area contributed by atoms with Crippen molar-refractivity contribution in [3.63, 3.8) is 0 Å². The Labute approximate surface area is 105 Å². The molecule has 0 unspecified atom stereocenters. The van der Waals surface area contributed by atoms with Crippen LogP contribution in [-0.2, 0) is 0 Å². The van der Waals surface area contributed by atoms with E-state index in [-0.39, 0.29) is 5.91 Å². The highest BCUT2D eigenvalue weighted by molar-refractivity contribution is 6.05. The number of benzene rings is 2. The fourth-order valence-corrected chi connectivity index (χ4v) is 1.58. The topological polar surface area (TPSA) is 107 Å². The number of amides is 1. The van der Waals surface area contributed by atoms with Crippen molar-refractivity contribution >= 4 is 28.7 Å². The summed E-state index contributed by atoms with van der Waals surface area (Å²) in [4.78, 5) is 11.9. The Morgan fingerprint density at radius 2 is 1.39 bits per heavy atom. The molecule has 2 aromatic rings. The highest BCUT2D eigenvalue weighted by Gasteiger charge is 2.07. The van der Waals surface area contributed by atoms with E-state index in [1.54, 1.807) is 42.5 Å². The Hall–Kier alpha value is -2.69. The first-order valence-electron chi connectivity index (χ1n) is 5.37. The van der Waals surface area contributed by atoms with Crippen molar-refractivity contribution in [2.24, 2.45) is 0 Å². The molecule has 5 nitrogen and oxygen atoms in total. The van der Waals surface area contributed by atoms with Gasteiger partial charge in [-0.2, -0.15) is 0 Å². The van der Waals surface area contributed by atoms with Crippen molar-refractivity contribution in [2.45, 2.75) is 0 Å². The Kier molecular flexibility index (Phi) is 3.05. The number of nitrogen functional groups attached to an aromatic ring is 3. The third kappa shape index (κ3) is 2.70. The summed E-state index contributed by atoms with van der Waals surface area (Å²) < 4.78 is 0. The van der Waals surface area contributed by atoms with Crippen LogP contribution in [0.5, 0.6) is 0 Å². The van der Waals surface area contributed by atoms with Crippen LogP contribution >= 0.6 is 0 Å². The van der Waals surface area contributed by atoms with Crippen LogP contribution in [0, 0.1) is 0 Å². The Morgan fingerprint density at radius 3 is 1.94 bits per heavy atom. The second-order valence-electron chi connectivity index (χ2n) is 3.96. The van der Waals surface area contributed by atoms with Gasteiger partial charge in [0.15, 0.2) is 0 Å². The minimum Gasteiger partial charge on any atom is -0.399 e. The van der Waals surface area contributed by atoms with E-state index in [2.05, 4.69) is 5.32 Å². The monoisotopic (exact) mass is 242 g/mol. The fraction of sp³-hybridized carbons (Fsp3) is 0. The molecule has 0 saturated carbocycles. The Morgan fingerprint density at radius 1 is 0.833 bits per heavy atom. The minimum atomic E-state index is -0.265. The second kappa shape index (κ2) is 4.67. The van der Waals surface area contributed by atoms with Crippen LogP contribution in [-0.4, -0.2) is 5.91 Å². The molecular formula is C13H14N4O. The predicted octanol–water partition coefficient (Wildman–Crippen LogP) is 1.69. The van der Waals surface area contributed by atoms with Gasteiger partial charge in [0, 0.05) is 28.3 Å². The molecule has 2 aromatic carbocycles. The van der Waals surface area contributed by atoms with Crippen LogP contribution in [0.25, 0.3) is 0 Å². The molecule has 2 rings (SSSR count). The average molecular weight is 242 g/mol. The van der Waals surface area contributed by atoms with Crippen molar-refractivity contribution in [1.82, 2.24) is 0 Å². The van der Waals surface area contributed by atoms with Gasteiger partial charge in [-0.25, -0.2) is 0 Å². The van der Waals surface area contributed by atoms with E-state index < -0.39 is 0 Å². The molecule has 92 valence electrons. The van der Waals surface area contributed by atoms with Gasteiger partial charge in [0.25, 0.3) is 5.91 Å². The molecule has 0 heterocycles. The van der Waals surface area contributed by atoms with E-state index in [1.807, 2.05) is 0 Å². The van der Waals surface area contributed by atoms with Gasteiger partial charge >= 0.3 is 0 Å². The number of hydrogen-bond acceptors (Lipinski definition) is 4. The molecule has 7 N–H and O–H groups in total. The van der Waals surface area contributed by atoms with Gasteiger partial charge in [0.05, 0.1) is 0 Å². The van der Waals surface area contributed by atoms with Gasteiger partial charge in [-0.05, 0) is 42.5 Å². The Balaban J connectivity index is 2.19. The smallest absolute Gasteiger partial charge is 0.255 e. The maximum absolute atomic E-state index is 11.9. The average Bonchev–Trinajstić information content (AvgIpc) is 2.31. The fourth-order valence-electron chi connectivity index (χ4n) is 1.58. The van der Waals surface area contributed by atoms with Crippen molar-refractivity contribution in [1.29, 1.82) is 0 Å². The van der Waals surface area contributed by atoms with Crippen LogP contribution < -0.4 is 22.5 Å². The number of rotatable bonds is 2. The highest BCUT2D eigenvalue weighted by atomic mass is 16.1. The molecule has 0 aliphatic rings. The molecule has 1 amide bonds. The first-order chi connectivity index (χ1) is 8.54. The minimum absolute atomic E-state index is 0.265. The standard InChI is InChI=1S/C13H14N4O/c14-9-1-3-12(4-2-9)17-13(18)8-5-10(15)7-11(16)6-8/h1-7H,14-16H2,(H,17,18). The van der Waals surface area contributed by atoms with E-state index in [4.69, 9.17) is 17.2 Å². The number of carbonyl (C=O) groups is 1. The summed E-state index contributed by atoms with van der Waals surface area (Å²) in [6, 6.07) is 11.6. The quantitative estimate of drug-likeness (QED) is 0.601. The highest BCUT2D eigenvalue weighted by Crippen LogP contribution is 2.16. The summed E-state index contributed by atoms with van der Waals surface area (Å²) in [5, 5.41) is 2.73. The summed E-state index contributed by atoms with van der Waals surface area (Å²) in [6.07, 6.45) is 0. The molecule has 18 heavy (non-hydrogen) atoms. The first-order valence-corrected chi connectivity index (χ1v) is 5.37. The van der Waals surface area contributed by atoms with Gasteiger partial charge in [-0.1, -0.05) is 0 Å². The van der Waals surface area contributed by atoms with Crippen LogP contribution in [0.2, 0.25) is 0 Å². The van der Waals surface area contributed by atoms with Crippen molar-refractivity contribution in [3.05, 3.63) is 48.0 Å². The molecule has 5 heteroatoms. The molecule has 0 aromatic heterocycles. The van der Waals surface area contributed by atoms with E-state index in [1.165, 1.54) is 0 Å². The summed E-state index contributed by atoms with van der Waals surface area (Å²) in [5.74, 6) is -0.265. The molecule has 0 radical (unpaired) electrons. The van der Waals surface area contributed by atoms with Crippen LogP contribution in [0.3, 0.4) is 0 Å². The van der Waals surface area contributed by atoms with Crippen molar-refractivity contribution in [3.8, 4) is 0 Å². The molecule has 0 fully saturated rings. The molecular weight excluding hydrogens is 228 g/mol. The van der Waals surface area contributed by atoms with Gasteiger partial charge in [-0.3, -0.25) is 4.79 Å². The number of hydrogen-bond donors (Lipinski definition) is 4. The molecule has 0 aliphatic carbocycles. The predicted molar refractivity (Wildman–Crippen MR) is 74.1 cm³/mol. The lowest BCUT2D eigenvalue weighted by Gasteiger charge is -2.07. The first kappa shape index (κ1) is 11.8. The normalized spacial score (nSPS) is 10.0. The van der Waals surface area contributed by atoms with Crippen LogP contribution in [0.4, 0.5) is 22.7 Å². The number of nitrogens with one attached hydrogen (secondary N) is 1. The maximum Gasteiger partial charge on any atom is 0.255 e. The molecule has 0 aliphatic heterocycles. The van der Waals surface area contributed by atoms with Gasteiger partial charge in [0.1, 0.15) is 0 Å². The largest absolute Gasteiger partial charge is 0.399 e. The lowest BCUT2D eigenvalue weighted by atomic mass is 10.1. The summed E-state index contributed by atoms with van der Waals surface area (Å²) in [7, 11) is 0. The zero-order valence-corrected chi connectivity index (χ0v) is 9.68. The second-order valence-corrected chi connectivity index (χ2v) is 3.96. The summed E-state index contributed by atoms with van der Waals surface area (Å²) >= 11 is 0. The summed E-state index contributed by atoms with van der Waals surface area (Å²) in [6.45, 7) is 0. The van der Waals surface area contributed by atoms with E-state index in [9.17, 15) is 4.79 Å². The van der Waals surface area contributed by atoms with Crippen molar-refractivity contribution in [2.75, 3.05) is 22.5 Å². The molecule has 0 bridgehead atoms. The Bertz CT molecular complexity index is 558. The number of carbonyl (C=O) groups excluding carboxylic acids is 1. The van der Waals surface area contributed by atoms with Gasteiger partial charge < -0.3 is 22.5 Å². The van der Waals surface area contributed by atoms with Crippen molar-refractivity contribution < 1.29 is 4.79 Å². The van der Waals surface area contributed by atoms with Gasteiger partial charge in [-0.15, -0.1) is 0 Å². The third-order valence-electron chi connectivity index (χ3n) is 2.41.